The van der Waals surface area contributed by atoms with E-state index in [0.29, 0.717) is 0 Å². The second kappa shape index (κ2) is 9.17. The van der Waals surface area contributed by atoms with Crippen molar-refractivity contribution in [3.05, 3.63) is 66.0 Å². The zero-order valence-electron chi connectivity index (χ0n) is 17.2. The largest absolute Gasteiger partial charge is 0.488 e. The predicted molar refractivity (Wildman–Crippen MR) is 118 cm³/mol. The monoisotopic (exact) mass is 390 g/mol. The van der Waals surface area contributed by atoms with Crippen molar-refractivity contribution in [2.75, 3.05) is 44.2 Å². The Hall–Kier alpha value is -2.75. The number of nitrogens with zero attached hydrogens (tertiary/aromatic N) is 3. The number of hydrogen-bond acceptors (Lipinski definition) is 5. The van der Waals surface area contributed by atoms with Crippen LogP contribution in [0.15, 0.2) is 54.8 Å². The SMILES string of the molecule is C=C=C(c1cccc(N2CCCNCC2)n1)N1CCC(Oc2ccccc2C)C1. The molecule has 0 aliphatic carbocycles. The molecule has 29 heavy (non-hydrogen) atoms. The average molecular weight is 391 g/mol. The van der Waals surface area contributed by atoms with E-state index in [0.717, 1.165) is 75.1 Å². The molecule has 2 fully saturated rings. The Morgan fingerprint density at radius 1 is 1.14 bits per heavy atom. The summed E-state index contributed by atoms with van der Waals surface area (Å²) >= 11 is 0. The summed E-state index contributed by atoms with van der Waals surface area (Å²) in [6.45, 7) is 11.9. The van der Waals surface area contributed by atoms with Crippen LogP contribution in [0.5, 0.6) is 5.75 Å². The van der Waals surface area contributed by atoms with Gasteiger partial charge in [0.25, 0.3) is 0 Å². The molecular weight excluding hydrogens is 360 g/mol. The third-order valence-corrected chi connectivity index (χ3v) is 5.66. The lowest BCUT2D eigenvalue weighted by molar-refractivity contribution is 0.212. The first-order valence-electron chi connectivity index (χ1n) is 10.5. The highest BCUT2D eigenvalue weighted by Gasteiger charge is 2.27. The van der Waals surface area contributed by atoms with Crippen LogP contribution >= 0.6 is 0 Å². The number of benzene rings is 1. The molecule has 1 aromatic heterocycles. The van der Waals surface area contributed by atoms with Gasteiger partial charge in [0.1, 0.15) is 23.4 Å². The fourth-order valence-corrected chi connectivity index (χ4v) is 4.07. The summed E-state index contributed by atoms with van der Waals surface area (Å²) in [5, 5.41) is 3.45. The van der Waals surface area contributed by atoms with Gasteiger partial charge in [0.2, 0.25) is 0 Å². The predicted octanol–water partition coefficient (Wildman–Crippen LogP) is 3.47. The number of para-hydroxylation sites is 1. The van der Waals surface area contributed by atoms with Crippen LogP contribution in [-0.2, 0) is 0 Å². The summed E-state index contributed by atoms with van der Waals surface area (Å²) in [5.41, 5.74) is 6.22. The van der Waals surface area contributed by atoms with Crippen LogP contribution in [0.3, 0.4) is 0 Å². The Morgan fingerprint density at radius 3 is 2.90 bits per heavy atom. The molecule has 1 N–H and O–H groups in total. The zero-order chi connectivity index (χ0) is 20.1. The Kier molecular flexibility index (Phi) is 6.18. The maximum Gasteiger partial charge on any atom is 0.129 e. The molecule has 1 atom stereocenters. The minimum Gasteiger partial charge on any atom is -0.488 e. The molecule has 0 amide bonds. The lowest BCUT2D eigenvalue weighted by Gasteiger charge is -2.24. The van der Waals surface area contributed by atoms with Crippen molar-refractivity contribution in [1.29, 1.82) is 0 Å². The Morgan fingerprint density at radius 2 is 2.03 bits per heavy atom. The van der Waals surface area contributed by atoms with Crippen molar-refractivity contribution in [3.8, 4) is 5.75 Å². The van der Waals surface area contributed by atoms with Crippen LogP contribution in [0.2, 0.25) is 0 Å². The van der Waals surface area contributed by atoms with Crippen molar-refractivity contribution < 1.29 is 4.74 Å². The van der Waals surface area contributed by atoms with Crippen molar-refractivity contribution >= 4 is 11.5 Å². The van der Waals surface area contributed by atoms with Crippen molar-refractivity contribution in [3.63, 3.8) is 0 Å². The Balaban J connectivity index is 1.46. The molecule has 2 aliphatic rings. The number of ether oxygens (including phenoxy) is 1. The summed E-state index contributed by atoms with van der Waals surface area (Å²) in [4.78, 5) is 9.61. The van der Waals surface area contributed by atoms with Crippen LogP contribution < -0.4 is 15.0 Å². The van der Waals surface area contributed by atoms with E-state index in [2.05, 4.69) is 58.6 Å². The van der Waals surface area contributed by atoms with Gasteiger partial charge < -0.3 is 19.9 Å². The maximum atomic E-state index is 6.26. The molecule has 4 rings (SSSR count). The number of nitrogens with one attached hydrogen (secondary N) is 1. The molecule has 0 radical (unpaired) electrons. The van der Waals surface area contributed by atoms with Crippen LogP contribution in [0, 0.1) is 6.92 Å². The molecule has 1 aromatic carbocycles. The van der Waals surface area contributed by atoms with Crippen molar-refractivity contribution in [1.82, 2.24) is 15.2 Å². The van der Waals surface area contributed by atoms with E-state index in [1.807, 2.05) is 18.2 Å². The molecule has 152 valence electrons. The number of anilines is 1. The molecule has 5 nitrogen and oxygen atoms in total. The second-order valence-electron chi connectivity index (χ2n) is 7.74. The van der Waals surface area contributed by atoms with E-state index in [9.17, 15) is 0 Å². The molecule has 2 aromatic rings. The van der Waals surface area contributed by atoms with E-state index in [4.69, 9.17) is 9.72 Å². The normalized spacial score (nSPS) is 19.6. The first-order chi connectivity index (χ1) is 14.2. The highest BCUT2D eigenvalue weighted by Crippen LogP contribution is 2.27. The fraction of sp³-hybridized carbons (Fsp3) is 0.417. The van der Waals surface area contributed by atoms with Gasteiger partial charge in [-0.2, -0.15) is 0 Å². The number of hydrogen-bond donors (Lipinski definition) is 1. The third-order valence-electron chi connectivity index (χ3n) is 5.66. The van der Waals surface area contributed by atoms with Crippen molar-refractivity contribution in [2.24, 2.45) is 0 Å². The lowest BCUT2D eigenvalue weighted by Crippen LogP contribution is -2.29. The summed E-state index contributed by atoms with van der Waals surface area (Å²) in [7, 11) is 0. The molecular formula is C24H30N4O. The van der Waals surface area contributed by atoms with Crippen LogP contribution in [0.1, 0.15) is 24.1 Å². The summed E-state index contributed by atoms with van der Waals surface area (Å²) in [6, 6.07) is 14.4. The van der Waals surface area contributed by atoms with Gasteiger partial charge in [-0.1, -0.05) is 30.8 Å². The van der Waals surface area contributed by atoms with Crippen LogP contribution in [-0.4, -0.2) is 55.3 Å². The van der Waals surface area contributed by atoms with Crippen molar-refractivity contribution in [2.45, 2.75) is 25.9 Å². The minimum atomic E-state index is 0.166. The van der Waals surface area contributed by atoms with Gasteiger partial charge >= 0.3 is 0 Å². The third kappa shape index (κ3) is 4.64. The smallest absolute Gasteiger partial charge is 0.129 e. The topological polar surface area (TPSA) is 40.6 Å². The van der Waals surface area contributed by atoms with Gasteiger partial charge in [0, 0.05) is 32.6 Å². The standard InChI is InChI=1S/C24H30N4O/c1-3-22(21-9-6-11-24(26-21)27-15-7-13-25-14-17-27)28-16-12-20(18-28)29-23-10-5-4-8-19(23)2/h4-6,8-11,20,25H,1,7,12-18H2,2H3. The van der Waals surface area contributed by atoms with Gasteiger partial charge in [0.05, 0.1) is 12.2 Å². The van der Waals surface area contributed by atoms with E-state index in [1.165, 1.54) is 5.56 Å². The van der Waals surface area contributed by atoms with E-state index < -0.39 is 0 Å². The maximum absolute atomic E-state index is 6.26. The molecule has 2 aliphatic heterocycles. The summed E-state index contributed by atoms with van der Waals surface area (Å²) in [5.74, 6) is 2.00. The zero-order valence-corrected chi connectivity index (χ0v) is 17.2. The molecule has 0 bridgehead atoms. The van der Waals surface area contributed by atoms with Gasteiger partial charge in [-0.15, -0.1) is 5.73 Å². The highest BCUT2D eigenvalue weighted by molar-refractivity contribution is 5.62. The number of rotatable bonds is 5. The fourth-order valence-electron chi connectivity index (χ4n) is 4.07. The first-order valence-corrected chi connectivity index (χ1v) is 10.5. The van der Waals surface area contributed by atoms with E-state index >= 15 is 0 Å². The van der Waals surface area contributed by atoms with Gasteiger partial charge in [-0.3, -0.25) is 0 Å². The Bertz CT molecular complexity index is 882. The first kappa shape index (κ1) is 19.6. The van der Waals surface area contributed by atoms with Gasteiger partial charge in [-0.25, -0.2) is 4.98 Å². The average Bonchev–Trinajstić information content (AvgIpc) is 3.02. The van der Waals surface area contributed by atoms with Gasteiger partial charge in [0.15, 0.2) is 0 Å². The van der Waals surface area contributed by atoms with Gasteiger partial charge in [-0.05, 0) is 43.7 Å². The number of pyridine rings is 1. The summed E-state index contributed by atoms with van der Waals surface area (Å²) < 4.78 is 6.26. The minimum absolute atomic E-state index is 0.166. The van der Waals surface area contributed by atoms with Crippen LogP contribution in [0.4, 0.5) is 5.82 Å². The van der Waals surface area contributed by atoms with Crippen LogP contribution in [0.25, 0.3) is 5.70 Å². The number of aromatic nitrogens is 1. The second-order valence-corrected chi connectivity index (χ2v) is 7.74. The molecule has 0 saturated carbocycles. The molecule has 1 unspecified atom stereocenters. The Labute approximate surface area is 173 Å². The lowest BCUT2D eigenvalue weighted by atomic mass is 10.2. The van der Waals surface area contributed by atoms with E-state index in [-0.39, 0.29) is 6.10 Å². The number of likely N-dealkylation sites (tertiary alicyclic amines) is 1. The molecule has 2 saturated heterocycles. The van der Waals surface area contributed by atoms with E-state index in [1.54, 1.807) is 0 Å². The number of aryl methyl sites for hydroxylation is 1. The molecule has 0 spiro atoms. The molecule has 3 heterocycles. The molecule has 5 heteroatoms. The summed E-state index contributed by atoms with van der Waals surface area (Å²) in [6.07, 6.45) is 2.29. The quantitative estimate of drug-likeness (QED) is 0.792. The highest BCUT2D eigenvalue weighted by atomic mass is 16.5.